The summed E-state index contributed by atoms with van der Waals surface area (Å²) in [7, 11) is 1.60. The van der Waals surface area contributed by atoms with Crippen LogP contribution in [0.2, 0.25) is 0 Å². The van der Waals surface area contributed by atoms with Crippen molar-refractivity contribution in [3.63, 3.8) is 0 Å². The third-order valence-corrected chi connectivity index (χ3v) is 3.29. The highest BCUT2D eigenvalue weighted by Gasteiger charge is 2.35. The summed E-state index contributed by atoms with van der Waals surface area (Å²) in [6.45, 7) is 5.04. The van der Waals surface area contributed by atoms with Crippen molar-refractivity contribution in [3.8, 4) is 0 Å². The van der Waals surface area contributed by atoms with Crippen molar-refractivity contribution in [1.82, 2.24) is 4.90 Å². The Bertz CT molecular complexity index is 255. The van der Waals surface area contributed by atoms with E-state index < -0.39 is 12.1 Å². The Labute approximate surface area is 107 Å². The second kappa shape index (κ2) is 7.68. The number of methoxy groups -OCH3 is 1. The number of likely N-dealkylation sites (tertiary alicyclic amines) is 1. The molecule has 6 heteroatoms. The fourth-order valence-electron chi connectivity index (χ4n) is 1.99. The first kappa shape index (κ1) is 15.4. The van der Waals surface area contributed by atoms with Gasteiger partial charge in [0.15, 0.2) is 0 Å². The van der Waals surface area contributed by atoms with Gasteiger partial charge in [-0.3, -0.25) is 9.69 Å². The lowest BCUT2D eigenvalue weighted by Crippen LogP contribution is -2.53. The van der Waals surface area contributed by atoms with Gasteiger partial charge < -0.3 is 19.7 Å². The number of carbonyl (C=O) groups is 1. The molecule has 6 nitrogen and oxygen atoms in total. The molecule has 0 aromatic heterocycles. The zero-order valence-electron chi connectivity index (χ0n) is 11.0. The second-order valence-corrected chi connectivity index (χ2v) is 4.83. The van der Waals surface area contributed by atoms with E-state index in [1.807, 2.05) is 0 Å². The van der Waals surface area contributed by atoms with Crippen LogP contribution in [0.3, 0.4) is 0 Å². The van der Waals surface area contributed by atoms with E-state index >= 15 is 0 Å². The molecule has 0 amide bonds. The molecule has 18 heavy (non-hydrogen) atoms. The SMILES string of the molecule is COCCOCC(O)CN1CC(C(C)C(=O)O)C1. The number of nitrogens with zero attached hydrogens (tertiary/aromatic N) is 1. The molecule has 1 saturated heterocycles. The zero-order valence-corrected chi connectivity index (χ0v) is 11.0. The minimum atomic E-state index is -0.747. The van der Waals surface area contributed by atoms with E-state index in [0.717, 1.165) is 13.1 Å². The summed E-state index contributed by atoms with van der Waals surface area (Å²) in [5.41, 5.74) is 0. The topological polar surface area (TPSA) is 79.2 Å². The highest BCUT2D eigenvalue weighted by Crippen LogP contribution is 2.23. The van der Waals surface area contributed by atoms with Crippen molar-refractivity contribution in [1.29, 1.82) is 0 Å². The Morgan fingerprint density at radius 2 is 2.11 bits per heavy atom. The van der Waals surface area contributed by atoms with Crippen molar-refractivity contribution in [3.05, 3.63) is 0 Å². The Morgan fingerprint density at radius 3 is 2.67 bits per heavy atom. The average Bonchev–Trinajstić information content (AvgIpc) is 2.28. The van der Waals surface area contributed by atoms with Gasteiger partial charge in [-0.2, -0.15) is 0 Å². The average molecular weight is 261 g/mol. The van der Waals surface area contributed by atoms with Gasteiger partial charge >= 0.3 is 5.97 Å². The lowest BCUT2D eigenvalue weighted by atomic mass is 9.87. The quantitative estimate of drug-likeness (QED) is 0.553. The number of aliphatic hydroxyl groups is 1. The molecule has 2 N–H and O–H groups in total. The van der Waals surface area contributed by atoms with Gasteiger partial charge in [-0.15, -0.1) is 0 Å². The molecule has 0 radical (unpaired) electrons. The summed E-state index contributed by atoms with van der Waals surface area (Å²) in [5, 5.41) is 18.5. The molecule has 0 aromatic carbocycles. The molecule has 1 aliphatic rings. The van der Waals surface area contributed by atoms with Crippen molar-refractivity contribution in [2.24, 2.45) is 11.8 Å². The van der Waals surface area contributed by atoms with E-state index in [-0.39, 0.29) is 11.8 Å². The molecular weight excluding hydrogens is 238 g/mol. The van der Waals surface area contributed by atoms with E-state index in [2.05, 4.69) is 4.90 Å². The van der Waals surface area contributed by atoms with Crippen LogP contribution in [0.25, 0.3) is 0 Å². The van der Waals surface area contributed by atoms with Crippen molar-refractivity contribution in [2.45, 2.75) is 13.0 Å². The van der Waals surface area contributed by atoms with Crippen LogP contribution in [-0.4, -0.2) is 73.8 Å². The lowest BCUT2D eigenvalue weighted by Gasteiger charge is -2.42. The number of aliphatic hydroxyl groups excluding tert-OH is 1. The van der Waals surface area contributed by atoms with Gasteiger partial charge in [-0.25, -0.2) is 0 Å². The van der Waals surface area contributed by atoms with Gasteiger partial charge in [0.05, 0.1) is 31.8 Å². The summed E-state index contributed by atoms with van der Waals surface area (Å²) in [5.74, 6) is -0.858. The molecule has 0 aliphatic carbocycles. The maximum atomic E-state index is 10.8. The largest absolute Gasteiger partial charge is 0.481 e. The third-order valence-electron chi connectivity index (χ3n) is 3.29. The van der Waals surface area contributed by atoms with Gasteiger partial charge in [0.25, 0.3) is 0 Å². The molecule has 2 unspecified atom stereocenters. The lowest BCUT2D eigenvalue weighted by molar-refractivity contribution is -0.145. The van der Waals surface area contributed by atoms with Crippen molar-refractivity contribution in [2.75, 3.05) is 46.6 Å². The van der Waals surface area contributed by atoms with E-state index in [9.17, 15) is 9.90 Å². The maximum absolute atomic E-state index is 10.8. The molecule has 0 aromatic rings. The minimum absolute atomic E-state index is 0.198. The van der Waals surface area contributed by atoms with Crippen LogP contribution >= 0.6 is 0 Å². The van der Waals surface area contributed by atoms with Crippen LogP contribution in [-0.2, 0) is 14.3 Å². The van der Waals surface area contributed by atoms with Crippen LogP contribution in [0.15, 0.2) is 0 Å². The van der Waals surface area contributed by atoms with Crippen LogP contribution < -0.4 is 0 Å². The number of hydrogen-bond acceptors (Lipinski definition) is 5. The number of rotatable bonds is 9. The number of aliphatic carboxylic acids is 1. The summed E-state index contributed by atoms with van der Waals surface area (Å²) in [4.78, 5) is 12.8. The van der Waals surface area contributed by atoms with Gasteiger partial charge in [0.2, 0.25) is 0 Å². The molecule has 0 bridgehead atoms. The van der Waals surface area contributed by atoms with Gasteiger partial charge in [-0.1, -0.05) is 6.92 Å². The van der Waals surface area contributed by atoms with E-state index in [1.165, 1.54) is 0 Å². The summed E-state index contributed by atoms with van der Waals surface area (Å²) >= 11 is 0. The van der Waals surface area contributed by atoms with Crippen LogP contribution in [0.4, 0.5) is 0 Å². The Balaban J connectivity index is 2.06. The number of carboxylic acid groups (broad SMARTS) is 1. The fourth-order valence-corrected chi connectivity index (χ4v) is 1.99. The second-order valence-electron chi connectivity index (χ2n) is 4.83. The Morgan fingerprint density at radius 1 is 1.44 bits per heavy atom. The molecule has 1 fully saturated rings. The minimum Gasteiger partial charge on any atom is -0.481 e. The molecule has 1 heterocycles. The van der Waals surface area contributed by atoms with Crippen molar-refractivity contribution < 1.29 is 24.5 Å². The number of ether oxygens (including phenoxy) is 2. The molecular formula is C12H23NO5. The number of β-amino-alcohol motifs (C(OH)–C–C–N with tert-alkyl or cyclic N) is 1. The van der Waals surface area contributed by atoms with E-state index in [0.29, 0.717) is 26.4 Å². The molecule has 0 spiro atoms. The van der Waals surface area contributed by atoms with Gasteiger partial charge in [0, 0.05) is 26.7 Å². The molecule has 0 saturated carbocycles. The zero-order chi connectivity index (χ0) is 13.5. The number of carboxylic acids is 1. The van der Waals surface area contributed by atoms with E-state index in [1.54, 1.807) is 14.0 Å². The third kappa shape index (κ3) is 4.89. The maximum Gasteiger partial charge on any atom is 0.306 e. The van der Waals surface area contributed by atoms with E-state index in [4.69, 9.17) is 14.6 Å². The number of hydrogen-bond donors (Lipinski definition) is 2. The molecule has 1 rings (SSSR count). The predicted octanol–water partition coefficient (Wildman–Crippen LogP) is -0.337. The first-order chi connectivity index (χ1) is 8.54. The molecule has 1 aliphatic heterocycles. The summed E-state index contributed by atoms with van der Waals surface area (Å²) in [6.07, 6.45) is -0.525. The molecule has 106 valence electrons. The van der Waals surface area contributed by atoms with Gasteiger partial charge in [0.1, 0.15) is 0 Å². The van der Waals surface area contributed by atoms with Crippen LogP contribution in [0, 0.1) is 11.8 Å². The highest BCUT2D eigenvalue weighted by molar-refractivity contribution is 5.70. The standard InChI is InChI=1S/C12H23NO5/c1-9(12(15)16)10-5-13(6-10)7-11(14)8-18-4-3-17-2/h9-11,14H,3-8H2,1-2H3,(H,15,16). The normalized spacial score (nSPS) is 20.4. The van der Waals surface area contributed by atoms with Crippen LogP contribution in [0.1, 0.15) is 6.92 Å². The van der Waals surface area contributed by atoms with Gasteiger partial charge in [-0.05, 0) is 5.92 Å². The monoisotopic (exact) mass is 261 g/mol. The fraction of sp³-hybridized carbons (Fsp3) is 0.917. The smallest absolute Gasteiger partial charge is 0.306 e. The first-order valence-corrected chi connectivity index (χ1v) is 6.24. The Hall–Kier alpha value is -0.690. The summed E-state index contributed by atoms with van der Waals surface area (Å²) in [6, 6.07) is 0. The van der Waals surface area contributed by atoms with Crippen LogP contribution in [0.5, 0.6) is 0 Å². The first-order valence-electron chi connectivity index (χ1n) is 6.24. The Kier molecular flexibility index (Phi) is 6.56. The predicted molar refractivity (Wildman–Crippen MR) is 65.4 cm³/mol. The summed E-state index contributed by atoms with van der Waals surface area (Å²) < 4.78 is 10.0. The molecule has 2 atom stereocenters. The highest BCUT2D eigenvalue weighted by atomic mass is 16.5. The van der Waals surface area contributed by atoms with Crippen molar-refractivity contribution >= 4 is 5.97 Å².